The molecule has 4 nitrogen and oxygen atoms in total. The smallest absolute Gasteiger partial charge is 0.0620 e. The number of nitrogens with one attached hydrogen (secondary N) is 2. The average molecular weight is 257 g/mol. The van der Waals surface area contributed by atoms with E-state index in [4.69, 9.17) is 4.74 Å². The van der Waals surface area contributed by atoms with Gasteiger partial charge >= 0.3 is 0 Å². The summed E-state index contributed by atoms with van der Waals surface area (Å²) in [6.45, 7) is 14.1. The molecule has 0 radical (unpaired) electrons. The molecule has 0 amide bonds. The van der Waals surface area contributed by atoms with Crippen molar-refractivity contribution in [2.45, 2.75) is 45.7 Å². The number of hydrogen-bond acceptors (Lipinski definition) is 4. The Morgan fingerprint density at radius 2 is 2.17 bits per heavy atom. The van der Waals surface area contributed by atoms with Crippen molar-refractivity contribution in [1.29, 1.82) is 0 Å². The van der Waals surface area contributed by atoms with Crippen molar-refractivity contribution in [3.63, 3.8) is 0 Å². The molecule has 0 aliphatic carbocycles. The molecule has 0 aromatic carbocycles. The van der Waals surface area contributed by atoms with Crippen LogP contribution in [0.4, 0.5) is 0 Å². The molecule has 18 heavy (non-hydrogen) atoms. The van der Waals surface area contributed by atoms with Crippen LogP contribution in [0.15, 0.2) is 0 Å². The first-order valence-corrected chi connectivity index (χ1v) is 7.53. The van der Waals surface area contributed by atoms with Crippen LogP contribution >= 0.6 is 0 Å². The average Bonchev–Trinajstić information content (AvgIpc) is 2.40. The van der Waals surface area contributed by atoms with E-state index in [1.54, 1.807) is 0 Å². The van der Waals surface area contributed by atoms with Gasteiger partial charge in [0.25, 0.3) is 0 Å². The first-order chi connectivity index (χ1) is 8.76. The van der Waals surface area contributed by atoms with Gasteiger partial charge < -0.3 is 20.3 Å². The Morgan fingerprint density at radius 3 is 2.78 bits per heavy atom. The molecule has 0 bridgehead atoms. The molecule has 1 fully saturated rings. The Labute approximate surface area is 112 Å². The van der Waals surface area contributed by atoms with Crippen LogP contribution in [0.3, 0.4) is 0 Å². The van der Waals surface area contributed by atoms with Crippen molar-refractivity contribution in [2.75, 3.05) is 45.9 Å². The van der Waals surface area contributed by atoms with Crippen molar-refractivity contribution >= 4 is 0 Å². The Bertz CT molecular complexity index is 191. The normalized spacial score (nSPS) is 22.3. The molecule has 2 N–H and O–H groups in total. The van der Waals surface area contributed by atoms with Crippen molar-refractivity contribution in [3.05, 3.63) is 0 Å². The number of ether oxygens (including phenoxy) is 1. The first-order valence-electron chi connectivity index (χ1n) is 7.53. The zero-order chi connectivity index (χ0) is 13.2. The van der Waals surface area contributed by atoms with Gasteiger partial charge in [-0.1, -0.05) is 13.8 Å². The van der Waals surface area contributed by atoms with E-state index in [1.807, 2.05) is 0 Å². The molecule has 0 spiro atoms. The summed E-state index contributed by atoms with van der Waals surface area (Å²) in [4.78, 5) is 2.48. The number of nitrogens with zero attached hydrogens (tertiary/aromatic N) is 1. The lowest BCUT2D eigenvalue weighted by Crippen LogP contribution is -2.45. The van der Waals surface area contributed by atoms with Gasteiger partial charge in [0.15, 0.2) is 0 Å². The van der Waals surface area contributed by atoms with Gasteiger partial charge in [-0.2, -0.15) is 0 Å². The predicted octanol–water partition coefficient (Wildman–Crippen LogP) is 1.07. The quantitative estimate of drug-likeness (QED) is 0.606. The Balaban J connectivity index is 2.00. The molecule has 1 heterocycles. The molecular weight excluding hydrogens is 226 g/mol. The van der Waals surface area contributed by atoms with Crippen LogP contribution < -0.4 is 10.6 Å². The standard InChI is InChI=1S/C14H31N3O/c1-4-17(5-2)9-6-7-15-13(3)11-14-12-18-10-8-16-14/h13-16H,4-12H2,1-3H3. The third-order valence-corrected chi connectivity index (χ3v) is 3.67. The molecule has 1 saturated heterocycles. The lowest BCUT2D eigenvalue weighted by molar-refractivity contribution is 0.0712. The van der Waals surface area contributed by atoms with Crippen LogP contribution in [0.5, 0.6) is 0 Å². The maximum Gasteiger partial charge on any atom is 0.0620 e. The molecule has 2 unspecified atom stereocenters. The van der Waals surface area contributed by atoms with Gasteiger partial charge in [-0.15, -0.1) is 0 Å². The van der Waals surface area contributed by atoms with E-state index >= 15 is 0 Å². The zero-order valence-corrected chi connectivity index (χ0v) is 12.4. The van der Waals surface area contributed by atoms with Gasteiger partial charge in [0.05, 0.1) is 13.2 Å². The fourth-order valence-corrected chi connectivity index (χ4v) is 2.47. The highest BCUT2D eigenvalue weighted by molar-refractivity contribution is 4.75. The maximum atomic E-state index is 5.47. The molecule has 1 rings (SSSR count). The summed E-state index contributed by atoms with van der Waals surface area (Å²) in [7, 11) is 0. The second-order valence-corrected chi connectivity index (χ2v) is 5.20. The minimum atomic E-state index is 0.532. The van der Waals surface area contributed by atoms with E-state index in [0.29, 0.717) is 12.1 Å². The third kappa shape index (κ3) is 6.69. The molecule has 0 saturated carbocycles. The van der Waals surface area contributed by atoms with Gasteiger partial charge in [-0.05, 0) is 45.9 Å². The van der Waals surface area contributed by atoms with Crippen molar-refractivity contribution in [3.8, 4) is 0 Å². The Morgan fingerprint density at radius 1 is 1.39 bits per heavy atom. The number of morpholine rings is 1. The van der Waals surface area contributed by atoms with Crippen LogP contribution in [0, 0.1) is 0 Å². The largest absolute Gasteiger partial charge is 0.379 e. The molecule has 4 heteroatoms. The van der Waals surface area contributed by atoms with E-state index in [0.717, 1.165) is 45.8 Å². The molecule has 2 atom stereocenters. The van der Waals surface area contributed by atoms with E-state index in [9.17, 15) is 0 Å². The number of rotatable bonds is 9. The highest BCUT2D eigenvalue weighted by Gasteiger charge is 2.15. The van der Waals surface area contributed by atoms with Crippen LogP contribution in [0.2, 0.25) is 0 Å². The Kier molecular flexibility index (Phi) is 8.59. The minimum absolute atomic E-state index is 0.532. The summed E-state index contributed by atoms with van der Waals surface area (Å²) in [6.07, 6.45) is 2.39. The third-order valence-electron chi connectivity index (χ3n) is 3.67. The lowest BCUT2D eigenvalue weighted by atomic mass is 10.1. The molecule has 1 aliphatic rings. The first kappa shape index (κ1) is 15.9. The molecule has 0 aromatic heterocycles. The minimum Gasteiger partial charge on any atom is -0.379 e. The van der Waals surface area contributed by atoms with Gasteiger partial charge in [-0.25, -0.2) is 0 Å². The fourth-order valence-electron chi connectivity index (χ4n) is 2.47. The van der Waals surface area contributed by atoms with E-state index < -0.39 is 0 Å². The van der Waals surface area contributed by atoms with E-state index in [1.165, 1.54) is 13.0 Å². The van der Waals surface area contributed by atoms with Gasteiger partial charge in [-0.3, -0.25) is 0 Å². The molecule has 0 aromatic rings. The maximum absolute atomic E-state index is 5.47. The zero-order valence-electron chi connectivity index (χ0n) is 12.4. The summed E-state index contributed by atoms with van der Waals surface area (Å²) < 4.78 is 5.47. The topological polar surface area (TPSA) is 36.5 Å². The van der Waals surface area contributed by atoms with E-state index in [2.05, 4.69) is 36.3 Å². The van der Waals surface area contributed by atoms with Gasteiger partial charge in [0.2, 0.25) is 0 Å². The molecular formula is C14H31N3O. The summed E-state index contributed by atoms with van der Waals surface area (Å²) in [5.41, 5.74) is 0. The fraction of sp³-hybridized carbons (Fsp3) is 1.00. The SMILES string of the molecule is CCN(CC)CCCNC(C)CC1COCCN1. The lowest BCUT2D eigenvalue weighted by Gasteiger charge is -2.27. The summed E-state index contributed by atoms with van der Waals surface area (Å²) >= 11 is 0. The second kappa shape index (κ2) is 9.73. The monoisotopic (exact) mass is 257 g/mol. The van der Waals surface area contributed by atoms with E-state index in [-0.39, 0.29) is 0 Å². The highest BCUT2D eigenvalue weighted by Crippen LogP contribution is 2.02. The predicted molar refractivity (Wildman–Crippen MR) is 77.1 cm³/mol. The van der Waals surface area contributed by atoms with Crippen molar-refractivity contribution in [2.24, 2.45) is 0 Å². The van der Waals surface area contributed by atoms with Crippen LogP contribution in [0.1, 0.15) is 33.6 Å². The molecule has 1 aliphatic heterocycles. The highest BCUT2D eigenvalue weighted by atomic mass is 16.5. The second-order valence-electron chi connectivity index (χ2n) is 5.20. The van der Waals surface area contributed by atoms with Gasteiger partial charge in [0, 0.05) is 18.6 Å². The van der Waals surface area contributed by atoms with Crippen LogP contribution in [-0.4, -0.2) is 62.9 Å². The van der Waals surface area contributed by atoms with Crippen molar-refractivity contribution < 1.29 is 4.74 Å². The van der Waals surface area contributed by atoms with Crippen LogP contribution in [0.25, 0.3) is 0 Å². The summed E-state index contributed by atoms with van der Waals surface area (Å²) in [5.74, 6) is 0. The summed E-state index contributed by atoms with van der Waals surface area (Å²) in [6, 6.07) is 1.10. The number of hydrogen-bond donors (Lipinski definition) is 2. The van der Waals surface area contributed by atoms with Crippen molar-refractivity contribution in [1.82, 2.24) is 15.5 Å². The van der Waals surface area contributed by atoms with Gasteiger partial charge in [0.1, 0.15) is 0 Å². The van der Waals surface area contributed by atoms with Crippen LogP contribution in [-0.2, 0) is 4.74 Å². The molecule has 108 valence electrons. The Hall–Kier alpha value is -0.160. The summed E-state index contributed by atoms with van der Waals surface area (Å²) in [5, 5.41) is 7.11.